The van der Waals surface area contributed by atoms with Crippen LogP contribution in [0.1, 0.15) is 0 Å². The van der Waals surface area contributed by atoms with Crippen molar-refractivity contribution in [3.63, 3.8) is 0 Å². The fourth-order valence-corrected chi connectivity index (χ4v) is 6.85. The minimum atomic E-state index is 0.920. The van der Waals surface area contributed by atoms with Gasteiger partial charge in [0, 0.05) is 28.3 Å². The van der Waals surface area contributed by atoms with Crippen LogP contribution in [0, 0.1) is 0 Å². The fraction of sp³-hybridized carbons (Fsp3) is 0. The van der Waals surface area contributed by atoms with Crippen molar-refractivity contribution in [2.45, 2.75) is 0 Å². The molecule has 9 aromatic rings. The highest BCUT2D eigenvalue weighted by Crippen LogP contribution is 2.38. The van der Waals surface area contributed by atoms with Crippen LogP contribution in [0.15, 0.2) is 188 Å². The molecule has 0 atom stereocenters. The van der Waals surface area contributed by atoms with E-state index in [9.17, 15) is 0 Å². The van der Waals surface area contributed by atoms with Gasteiger partial charge in [0.25, 0.3) is 0 Å². The van der Waals surface area contributed by atoms with Crippen LogP contribution in [0.25, 0.3) is 60.8 Å². The van der Waals surface area contributed by atoms with Crippen molar-refractivity contribution < 1.29 is 0 Å². The molecule has 48 heavy (non-hydrogen) atoms. The second kappa shape index (κ2) is 11.7. The van der Waals surface area contributed by atoms with Crippen LogP contribution in [-0.2, 0) is 0 Å². The van der Waals surface area contributed by atoms with Gasteiger partial charge < -0.3 is 4.90 Å². The number of hydrogen-bond acceptors (Lipinski definition) is 2. The maximum atomic E-state index is 5.21. The van der Waals surface area contributed by atoms with Gasteiger partial charge in [-0.15, -0.1) is 0 Å². The zero-order valence-electron chi connectivity index (χ0n) is 26.2. The average molecular weight is 614 g/mol. The summed E-state index contributed by atoms with van der Waals surface area (Å²) in [6.45, 7) is 0. The van der Waals surface area contributed by atoms with Gasteiger partial charge in [-0.25, -0.2) is 4.98 Å². The smallest absolute Gasteiger partial charge is 0.145 e. The van der Waals surface area contributed by atoms with Crippen molar-refractivity contribution in [1.29, 1.82) is 0 Å². The van der Waals surface area contributed by atoms with Crippen molar-refractivity contribution in [3.8, 4) is 28.2 Å². The van der Waals surface area contributed by atoms with E-state index in [1.165, 1.54) is 32.7 Å². The molecule has 9 rings (SSSR count). The summed E-state index contributed by atoms with van der Waals surface area (Å²) in [4.78, 5) is 7.52. The number of para-hydroxylation sites is 2. The largest absolute Gasteiger partial charge is 0.311 e. The van der Waals surface area contributed by atoms with E-state index in [0.29, 0.717) is 0 Å². The zero-order valence-corrected chi connectivity index (χ0v) is 26.2. The van der Waals surface area contributed by atoms with Crippen molar-refractivity contribution >= 4 is 49.6 Å². The Morgan fingerprint density at radius 1 is 0.417 bits per heavy atom. The third kappa shape index (κ3) is 4.90. The predicted molar refractivity (Wildman–Crippen MR) is 202 cm³/mol. The number of anilines is 3. The van der Waals surface area contributed by atoms with Gasteiger partial charge in [-0.2, -0.15) is 0 Å². The molecule has 0 spiro atoms. The molecule has 0 saturated carbocycles. The molecule has 0 unspecified atom stereocenters. The zero-order chi connectivity index (χ0) is 31.9. The number of benzene rings is 8. The van der Waals surface area contributed by atoms with Crippen molar-refractivity contribution in [2.75, 3.05) is 4.90 Å². The van der Waals surface area contributed by atoms with Gasteiger partial charge in [0.2, 0.25) is 0 Å². The van der Waals surface area contributed by atoms with Crippen molar-refractivity contribution in [1.82, 2.24) is 9.55 Å². The van der Waals surface area contributed by atoms with E-state index in [1.807, 2.05) is 0 Å². The van der Waals surface area contributed by atoms with Crippen LogP contribution in [0.2, 0.25) is 0 Å². The lowest BCUT2D eigenvalue weighted by Crippen LogP contribution is -2.09. The SMILES string of the molecule is c1ccc(N(c2ccc(-c3cccc4ccccc34)cc2)c2ccc(-c3nc4cc5ccccc5cc4n3-c3ccccc3)cc2)cc1. The monoisotopic (exact) mass is 613 g/mol. The Bertz CT molecular complexity index is 2530. The molecule has 1 aromatic heterocycles. The number of hydrogen-bond donors (Lipinski definition) is 0. The first-order chi connectivity index (χ1) is 23.8. The van der Waals surface area contributed by atoms with Gasteiger partial charge in [-0.05, 0) is 105 Å². The Balaban J connectivity index is 1.14. The molecule has 0 aliphatic rings. The number of nitrogens with zero attached hydrogens (tertiary/aromatic N) is 3. The Morgan fingerprint density at radius 3 is 1.67 bits per heavy atom. The van der Waals surface area contributed by atoms with Crippen LogP contribution in [0.4, 0.5) is 17.1 Å². The van der Waals surface area contributed by atoms with Crippen LogP contribution in [0.5, 0.6) is 0 Å². The van der Waals surface area contributed by atoms with Crippen LogP contribution < -0.4 is 4.90 Å². The second-order valence-corrected chi connectivity index (χ2v) is 12.1. The lowest BCUT2D eigenvalue weighted by molar-refractivity contribution is 1.10. The molecule has 226 valence electrons. The highest BCUT2D eigenvalue weighted by atomic mass is 15.1. The molecule has 0 fully saturated rings. The van der Waals surface area contributed by atoms with E-state index in [4.69, 9.17) is 4.98 Å². The lowest BCUT2D eigenvalue weighted by atomic mass is 9.98. The summed E-state index contributed by atoms with van der Waals surface area (Å²) in [6.07, 6.45) is 0. The van der Waals surface area contributed by atoms with Crippen LogP contribution in [0.3, 0.4) is 0 Å². The first-order valence-electron chi connectivity index (χ1n) is 16.3. The van der Waals surface area contributed by atoms with E-state index >= 15 is 0 Å². The van der Waals surface area contributed by atoms with Crippen LogP contribution in [-0.4, -0.2) is 9.55 Å². The minimum absolute atomic E-state index is 0.920. The molecule has 3 heteroatoms. The van der Waals surface area contributed by atoms with Gasteiger partial charge in [0.05, 0.1) is 11.0 Å². The van der Waals surface area contributed by atoms with Crippen molar-refractivity contribution in [3.05, 3.63) is 188 Å². The summed E-state index contributed by atoms with van der Waals surface area (Å²) in [5, 5.41) is 4.90. The van der Waals surface area contributed by atoms with E-state index in [2.05, 4.69) is 198 Å². The van der Waals surface area contributed by atoms with E-state index in [0.717, 1.165) is 45.2 Å². The number of rotatable bonds is 6. The lowest BCUT2D eigenvalue weighted by Gasteiger charge is -2.26. The third-order valence-electron chi connectivity index (χ3n) is 9.16. The molecule has 0 amide bonds. The predicted octanol–water partition coefficient (Wildman–Crippen LogP) is 12.1. The molecule has 8 aromatic carbocycles. The Morgan fingerprint density at radius 2 is 0.958 bits per heavy atom. The van der Waals surface area contributed by atoms with Gasteiger partial charge in [0.1, 0.15) is 5.82 Å². The topological polar surface area (TPSA) is 21.1 Å². The Labute approximate surface area is 279 Å². The number of imidazole rings is 1. The molecular formula is C45H31N3. The molecule has 0 aliphatic carbocycles. The van der Waals surface area contributed by atoms with Gasteiger partial charge in [0.15, 0.2) is 0 Å². The maximum absolute atomic E-state index is 5.21. The summed E-state index contributed by atoms with van der Waals surface area (Å²) in [5.74, 6) is 0.920. The minimum Gasteiger partial charge on any atom is -0.311 e. The standard InChI is InChI=1S/C45H31N3/c1-3-16-37(17-4-1)47(39-26-22-33(23-27-39)42-21-11-15-32-12-9-10-20-41(32)42)40-28-24-34(25-29-40)45-46-43-30-35-13-7-8-14-36(35)31-44(43)48(45)38-18-5-2-6-19-38/h1-31H. The molecule has 0 bridgehead atoms. The first kappa shape index (κ1) is 27.8. The molecular weight excluding hydrogens is 583 g/mol. The number of fused-ring (bicyclic) bond motifs is 3. The maximum Gasteiger partial charge on any atom is 0.145 e. The molecule has 0 radical (unpaired) electrons. The average Bonchev–Trinajstić information content (AvgIpc) is 3.53. The second-order valence-electron chi connectivity index (χ2n) is 12.1. The molecule has 0 saturated heterocycles. The summed E-state index contributed by atoms with van der Waals surface area (Å²) in [5.41, 5.74) is 9.94. The summed E-state index contributed by atoms with van der Waals surface area (Å²) in [6, 6.07) is 66.8. The molecule has 3 nitrogen and oxygen atoms in total. The quantitative estimate of drug-likeness (QED) is 0.186. The van der Waals surface area contributed by atoms with Gasteiger partial charge in [-0.1, -0.05) is 115 Å². The fourth-order valence-electron chi connectivity index (χ4n) is 6.85. The third-order valence-corrected chi connectivity index (χ3v) is 9.16. The summed E-state index contributed by atoms with van der Waals surface area (Å²) in [7, 11) is 0. The highest BCUT2D eigenvalue weighted by Gasteiger charge is 2.17. The van der Waals surface area contributed by atoms with Gasteiger partial charge >= 0.3 is 0 Å². The summed E-state index contributed by atoms with van der Waals surface area (Å²) < 4.78 is 2.28. The number of aromatic nitrogens is 2. The first-order valence-corrected chi connectivity index (χ1v) is 16.3. The van der Waals surface area contributed by atoms with Crippen molar-refractivity contribution in [2.24, 2.45) is 0 Å². The van der Waals surface area contributed by atoms with E-state index in [-0.39, 0.29) is 0 Å². The normalized spacial score (nSPS) is 11.3. The van der Waals surface area contributed by atoms with Gasteiger partial charge in [-0.3, -0.25) is 4.57 Å². The molecule has 1 heterocycles. The Hall–Kier alpha value is -6.45. The molecule has 0 N–H and O–H groups in total. The Kier molecular flexibility index (Phi) is 6.80. The van der Waals surface area contributed by atoms with Crippen LogP contribution >= 0.6 is 0 Å². The van der Waals surface area contributed by atoms with E-state index in [1.54, 1.807) is 0 Å². The molecule has 0 aliphatic heterocycles. The summed E-state index contributed by atoms with van der Waals surface area (Å²) >= 11 is 0. The highest BCUT2D eigenvalue weighted by molar-refractivity contribution is 5.98. The van der Waals surface area contributed by atoms with E-state index < -0.39 is 0 Å².